The summed E-state index contributed by atoms with van der Waals surface area (Å²) in [5.41, 5.74) is 3.61. The number of amides is 1. The largest absolute Gasteiger partial charge is 0.372 e. The monoisotopic (exact) mass is 369 g/mol. The van der Waals surface area contributed by atoms with E-state index in [1.807, 2.05) is 6.07 Å². The van der Waals surface area contributed by atoms with E-state index in [1.54, 1.807) is 12.3 Å². The summed E-state index contributed by atoms with van der Waals surface area (Å²) in [6.45, 7) is 13.2. The second-order valence-electron chi connectivity index (χ2n) is 7.00. The third kappa shape index (κ3) is 5.94. The SMILES string of the molecule is CCN(CC)c1ccc(Nc2nccc(C(=O)NCCC(C)C)n2)c(C)c1. The highest BCUT2D eigenvalue weighted by Gasteiger charge is 2.10. The molecular formula is C21H31N5O. The fraction of sp³-hybridized carbons (Fsp3) is 0.476. The van der Waals surface area contributed by atoms with E-state index < -0.39 is 0 Å². The van der Waals surface area contributed by atoms with Gasteiger partial charge in [-0.25, -0.2) is 9.97 Å². The van der Waals surface area contributed by atoms with Gasteiger partial charge >= 0.3 is 0 Å². The van der Waals surface area contributed by atoms with Crippen molar-refractivity contribution in [2.45, 2.75) is 41.0 Å². The lowest BCUT2D eigenvalue weighted by atomic mass is 10.1. The lowest BCUT2D eigenvalue weighted by molar-refractivity contribution is 0.0947. The number of benzene rings is 1. The number of rotatable bonds is 9. The van der Waals surface area contributed by atoms with Crippen LogP contribution in [0.4, 0.5) is 17.3 Å². The van der Waals surface area contributed by atoms with Crippen LogP contribution in [0.15, 0.2) is 30.5 Å². The van der Waals surface area contributed by atoms with Gasteiger partial charge in [0.25, 0.3) is 5.91 Å². The van der Waals surface area contributed by atoms with Crippen LogP contribution in [0.2, 0.25) is 0 Å². The number of hydrogen-bond acceptors (Lipinski definition) is 5. The Balaban J connectivity index is 2.08. The van der Waals surface area contributed by atoms with E-state index in [0.29, 0.717) is 24.1 Å². The van der Waals surface area contributed by atoms with Gasteiger partial charge in [0.2, 0.25) is 5.95 Å². The molecule has 0 atom stereocenters. The first-order chi connectivity index (χ1) is 12.9. The van der Waals surface area contributed by atoms with Gasteiger partial charge in [-0.2, -0.15) is 0 Å². The molecule has 0 fully saturated rings. The van der Waals surface area contributed by atoms with Gasteiger partial charge in [-0.05, 0) is 62.9 Å². The van der Waals surface area contributed by atoms with Crippen LogP contribution in [0.3, 0.4) is 0 Å². The topological polar surface area (TPSA) is 70.2 Å². The normalized spacial score (nSPS) is 10.7. The van der Waals surface area contributed by atoms with Crippen LogP contribution in [-0.2, 0) is 0 Å². The van der Waals surface area contributed by atoms with Gasteiger partial charge in [0.15, 0.2) is 0 Å². The van der Waals surface area contributed by atoms with Crippen molar-refractivity contribution in [2.24, 2.45) is 5.92 Å². The van der Waals surface area contributed by atoms with Crippen molar-refractivity contribution in [1.29, 1.82) is 0 Å². The molecule has 0 saturated heterocycles. The quantitative estimate of drug-likeness (QED) is 0.695. The number of carbonyl (C=O) groups is 1. The second-order valence-corrected chi connectivity index (χ2v) is 7.00. The summed E-state index contributed by atoms with van der Waals surface area (Å²) in [7, 11) is 0. The third-order valence-corrected chi connectivity index (χ3v) is 4.48. The number of anilines is 3. The molecule has 0 radical (unpaired) electrons. The molecule has 1 aromatic carbocycles. The summed E-state index contributed by atoms with van der Waals surface area (Å²) in [6.07, 6.45) is 2.55. The molecule has 2 rings (SSSR count). The molecule has 0 bridgehead atoms. The lowest BCUT2D eigenvalue weighted by Crippen LogP contribution is -2.26. The molecule has 27 heavy (non-hydrogen) atoms. The van der Waals surface area contributed by atoms with Crippen molar-refractivity contribution in [2.75, 3.05) is 29.9 Å². The summed E-state index contributed by atoms with van der Waals surface area (Å²) in [6, 6.07) is 7.90. The Morgan fingerprint density at radius 3 is 2.56 bits per heavy atom. The third-order valence-electron chi connectivity index (χ3n) is 4.48. The molecule has 2 aromatic rings. The fourth-order valence-electron chi connectivity index (χ4n) is 2.80. The van der Waals surface area contributed by atoms with E-state index >= 15 is 0 Å². The van der Waals surface area contributed by atoms with Crippen molar-refractivity contribution in [3.8, 4) is 0 Å². The van der Waals surface area contributed by atoms with Crippen LogP contribution >= 0.6 is 0 Å². The molecule has 0 saturated carbocycles. The first kappa shape index (κ1) is 20.7. The fourth-order valence-corrected chi connectivity index (χ4v) is 2.80. The average Bonchev–Trinajstić information content (AvgIpc) is 2.64. The second kappa shape index (κ2) is 9.90. The van der Waals surface area contributed by atoms with Crippen LogP contribution in [0.1, 0.15) is 50.2 Å². The Labute approximate surface area is 162 Å². The summed E-state index contributed by atoms with van der Waals surface area (Å²) >= 11 is 0. The Kier molecular flexibility index (Phi) is 7.58. The molecule has 1 amide bonds. The van der Waals surface area contributed by atoms with Gasteiger partial charge < -0.3 is 15.5 Å². The maximum absolute atomic E-state index is 12.2. The Morgan fingerprint density at radius 1 is 1.19 bits per heavy atom. The van der Waals surface area contributed by atoms with E-state index in [2.05, 4.69) is 72.3 Å². The van der Waals surface area contributed by atoms with E-state index in [4.69, 9.17) is 0 Å². The van der Waals surface area contributed by atoms with Gasteiger partial charge in [-0.15, -0.1) is 0 Å². The Hall–Kier alpha value is -2.63. The Morgan fingerprint density at radius 2 is 1.93 bits per heavy atom. The number of aromatic nitrogens is 2. The van der Waals surface area contributed by atoms with Crippen LogP contribution < -0.4 is 15.5 Å². The maximum Gasteiger partial charge on any atom is 0.270 e. The van der Waals surface area contributed by atoms with Gasteiger partial charge in [0.05, 0.1) is 0 Å². The molecule has 0 unspecified atom stereocenters. The zero-order valence-corrected chi connectivity index (χ0v) is 17.0. The number of nitrogens with zero attached hydrogens (tertiary/aromatic N) is 3. The molecule has 0 aliphatic carbocycles. The predicted octanol–water partition coefficient (Wildman–Crippen LogP) is 4.15. The minimum Gasteiger partial charge on any atom is -0.372 e. The molecule has 1 heterocycles. The maximum atomic E-state index is 12.2. The highest BCUT2D eigenvalue weighted by atomic mass is 16.1. The Bertz CT molecular complexity index is 756. The standard InChI is InChI=1S/C21H31N5O/c1-6-26(7-2)17-8-9-18(16(5)14-17)24-21-23-13-11-19(25-21)20(27)22-12-10-15(3)4/h8-9,11,13-15H,6-7,10,12H2,1-5H3,(H,22,27)(H,23,24,25). The van der Waals surface area contributed by atoms with E-state index in [9.17, 15) is 4.79 Å². The molecule has 6 nitrogen and oxygen atoms in total. The molecule has 2 N–H and O–H groups in total. The van der Waals surface area contributed by atoms with Crippen molar-refractivity contribution in [1.82, 2.24) is 15.3 Å². The average molecular weight is 370 g/mol. The number of nitrogens with one attached hydrogen (secondary N) is 2. The first-order valence-corrected chi connectivity index (χ1v) is 9.68. The minimum absolute atomic E-state index is 0.172. The lowest BCUT2D eigenvalue weighted by Gasteiger charge is -2.22. The molecule has 6 heteroatoms. The summed E-state index contributed by atoms with van der Waals surface area (Å²) < 4.78 is 0. The summed E-state index contributed by atoms with van der Waals surface area (Å²) in [4.78, 5) is 23.1. The summed E-state index contributed by atoms with van der Waals surface area (Å²) in [5.74, 6) is 0.801. The van der Waals surface area contributed by atoms with Gasteiger partial charge in [0.1, 0.15) is 5.69 Å². The van der Waals surface area contributed by atoms with Crippen molar-refractivity contribution < 1.29 is 4.79 Å². The van der Waals surface area contributed by atoms with Crippen LogP contribution in [0.5, 0.6) is 0 Å². The highest BCUT2D eigenvalue weighted by molar-refractivity contribution is 5.92. The summed E-state index contributed by atoms with van der Waals surface area (Å²) in [5, 5.41) is 6.13. The number of hydrogen-bond donors (Lipinski definition) is 2. The molecular weight excluding hydrogens is 338 g/mol. The highest BCUT2D eigenvalue weighted by Crippen LogP contribution is 2.24. The van der Waals surface area contributed by atoms with Crippen LogP contribution in [0.25, 0.3) is 0 Å². The van der Waals surface area contributed by atoms with Crippen molar-refractivity contribution >= 4 is 23.2 Å². The first-order valence-electron chi connectivity index (χ1n) is 9.68. The van der Waals surface area contributed by atoms with Crippen LogP contribution in [-0.4, -0.2) is 35.5 Å². The predicted molar refractivity (Wildman–Crippen MR) is 112 cm³/mol. The molecule has 0 aliphatic rings. The van der Waals surface area contributed by atoms with Crippen LogP contribution in [0, 0.1) is 12.8 Å². The molecule has 0 aliphatic heterocycles. The minimum atomic E-state index is -0.172. The van der Waals surface area contributed by atoms with Crippen molar-refractivity contribution in [3.05, 3.63) is 41.7 Å². The molecule has 1 aromatic heterocycles. The number of carbonyl (C=O) groups excluding carboxylic acids is 1. The van der Waals surface area contributed by atoms with Gasteiger partial charge in [-0.3, -0.25) is 4.79 Å². The zero-order chi connectivity index (χ0) is 19.8. The number of aryl methyl sites for hydroxylation is 1. The smallest absolute Gasteiger partial charge is 0.270 e. The molecule has 146 valence electrons. The van der Waals surface area contributed by atoms with Crippen molar-refractivity contribution in [3.63, 3.8) is 0 Å². The van der Waals surface area contributed by atoms with E-state index in [0.717, 1.165) is 30.8 Å². The molecule has 0 spiro atoms. The van der Waals surface area contributed by atoms with Gasteiger partial charge in [0, 0.05) is 37.2 Å². The van der Waals surface area contributed by atoms with Gasteiger partial charge in [-0.1, -0.05) is 13.8 Å². The zero-order valence-electron chi connectivity index (χ0n) is 17.0. The van der Waals surface area contributed by atoms with E-state index in [1.165, 1.54) is 5.69 Å². The van der Waals surface area contributed by atoms with E-state index in [-0.39, 0.29) is 5.91 Å².